The Labute approximate surface area is 172 Å². The van der Waals surface area contributed by atoms with E-state index in [-0.39, 0.29) is 19.0 Å². The highest BCUT2D eigenvalue weighted by Gasteiger charge is 2.41. The SMILES string of the molecule is CCCCC(C)(CC(=O)O)OC(=O)C1CCCCC1C(=O)OCc1ccccc1. The first-order valence-corrected chi connectivity index (χ1v) is 10.5. The molecule has 6 heteroatoms. The third-order valence-electron chi connectivity index (χ3n) is 5.53. The Morgan fingerprint density at radius 3 is 2.28 bits per heavy atom. The Bertz CT molecular complexity index is 686. The molecule has 3 atom stereocenters. The molecule has 0 saturated heterocycles. The largest absolute Gasteiger partial charge is 0.481 e. The van der Waals surface area contributed by atoms with E-state index in [9.17, 15) is 19.5 Å². The minimum Gasteiger partial charge on any atom is -0.481 e. The first-order chi connectivity index (χ1) is 13.8. The number of benzene rings is 1. The quantitative estimate of drug-likeness (QED) is 0.577. The Morgan fingerprint density at radius 2 is 1.69 bits per heavy atom. The second-order valence-corrected chi connectivity index (χ2v) is 8.14. The van der Waals surface area contributed by atoms with Gasteiger partial charge in [0.1, 0.15) is 12.2 Å². The van der Waals surface area contributed by atoms with Gasteiger partial charge in [-0.1, -0.05) is 56.5 Å². The predicted octanol–water partition coefficient (Wildman–Crippen LogP) is 4.50. The maximum absolute atomic E-state index is 12.9. The van der Waals surface area contributed by atoms with Crippen LogP contribution >= 0.6 is 0 Å². The average Bonchev–Trinajstić information content (AvgIpc) is 2.70. The predicted molar refractivity (Wildman–Crippen MR) is 108 cm³/mol. The van der Waals surface area contributed by atoms with Crippen LogP contribution in [0.2, 0.25) is 0 Å². The smallest absolute Gasteiger partial charge is 0.310 e. The highest BCUT2D eigenvalue weighted by atomic mass is 16.6. The lowest BCUT2D eigenvalue weighted by Gasteiger charge is -2.33. The third kappa shape index (κ3) is 7.18. The van der Waals surface area contributed by atoms with Gasteiger partial charge in [0.05, 0.1) is 18.3 Å². The second kappa shape index (κ2) is 11.0. The zero-order valence-corrected chi connectivity index (χ0v) is 17.4. The average molecular weight is 405 g/mol. The van der Waals surface area contributed by atoms with Crippen LogP contribution in [0.4, 0.5) is 0 Å². The van der Waals surface area contributed by atoms with Crippen LogP contribution in [-0.2, 0) is 30.5 Å². The summed E-state index contributed by atoms with van der Waals surface area (Å²) in [6.07, 6.45) is 4.73. The number of hydrogen-bond acceptors (Lipinski definition) is 5. The van der Waals surface area contributed by atoms with E-state index in [2.05, 4.69) is 0 Å². The summed E-state index contributed by atoms with van der Waals surface area (Å²) in [6, 6.07) is 9.41. The van der Waals surface area contributed by atoms with Gasteiger partial charge in [-0.2, -0.15) is 0 Å². The van der Waals surface area contributed by atoms with Crippen molar-refractivity contribution >= 4 is 17.9 Å². The summed E-state index contributed by atoms with van der Waals surface area (Å²) in [4.78, 5) is 36.9. The van der Waals surface area contributed by atoms with Gasteiger partial charge in [0.25, 0.3) is 0 Å². The molecule has 0 aromatic heterocycles. The van der Waals surface area contributed by atoms with Crippen LogP contribution in [0.3, 0.4) is 0 Å². The maximum Gasteiger partial charge on any atom is 0.310 e. The van der Waals surface area contributed by atoms with E-state index in [1.165, 1.54) is 0 Å². The topological polar surface area (TPSA) is 89.9 Å². The minimum absolute atomic E-state index is 0.172. The second-order valence-electron chi connectivity index (χ2n) is 8.14. The van der Waals surface area contributed by atoms with Crippen LogP contribution in [0.15, 0.2) is 30.3 Å². The number of unbranched alkanes of at least 4 members (excludes halogenated alkanes) is 1. The molecule has 1 N–H and O–H groups in total. The summed E-state index contributed by atoms with van der Waals surface area (Å²) >= 11 is 0. The Morgan fingerprint density at radius 1 is 1.07 bits per heavy atom. The first kappa shape index (κ1) is 22.9. The standard InChI is InChI=1S/C23H32O6/c1-3-4-14-23(2,15-20(24)25)29-22(27)19-13-9-8-12-18(19)21(26)28-16-17-10-6-5-7-11-17/h5-7,10-11,18-19H,3-4,8-9,12-16H2,1-2H3,(H,24,25). The van der Waals surface area contributed by atoms with Gasteiger partial charge in [-0.15, -0.1) is 0 Å². The number of carbonyl (C=O) groups is 3. The Balaban J connectivity index is 2.03. The minimum atomic E-state index is -1.06. The summed E-state index contributed by atoms with van der Waals surface area (Å²) < 4.78 is 11.2. The fraction of sp³-hybridized carbons (Fsp3) is 0.609. The summed E-state index contributed by atoms with van der Waals surface area (Å²) in [6.45, 7) is 3.84. The summed E-state index contributed by atoms with van der Waals surface area (Å²) in [7, 11) is 0. The number of ether oxygens (including phenoxy) is 2. The van der Waals surface area contributed by atoms with Crippen LogP contribution in [0.1, 0.15) is 70.8 Å². The van der Waals surface area contributed by atoms with Gasteiger partial charge in [-0.25, -0.2) is 0 Å². The molecule has 1 saturated carbocycles. The Kier molecular flexibility index (Phi) is 8.68. The zero-order valence-electron chi connectivity index (χ0n) is 17.4. The molecule has 0 spiro atoms. The number of rotatable bonds is 10. The van der Waals surface area contributed by atoms with Gasteiger partial charge in [0.2, 0.25) is 0 Å². The van der Waals surface area contributed by atoms with E-state index < -0.39 is 29.4 Å². The first-order valence-electron chi connectivity index (χ1n) is 10.5. The lowest BCUT2D eigenvalue weighted by atomic mass is 9.79. The number of hydrogen-bond donors (Lipinski definition) is 1. The van der Waals surface area contributed by atoms with Crippen LogP contribution in [-0.4, -0.2) is 28.6 Å². The van der Waals surface area contributed by atoms with Crippen molar-refractivity contribution in [3.63, 3.8) is 0 Å². The molecule has 3 unspecified atom stereocenters. The molecule has 160 valence electrons. The summed E-state index contributed by atoms with van der Waals surface area (Å²) in [5.74, 6) is -2.99. The molecule has 6 nitrogen and oxygen atoms in total. The number of esters is 2. The van der Waals surface area contributed by atoms with E-state index in [1.807, 2.05) is 37.3 Å². The van der Waals surface area contributed by atoms with Crippen molar-refractivity contribution in [3.8, 4) is 0 Å². The molecule has 1 aliphatic carbocycles. The summed E-state index contributed by atoms with van der Waals surface area (Å²) in [5, 5.41) is 9.22. The van der Waals surface area contributed by atoms with Gasteiger partial charge in [-0.3, -0.25) is 14.4 Å². The fourth-order valence-corrected chi connectivity index (χ4v) is 3.90. The van der Waals surface area contributed by atoms with Crippen molar-refractivity contribution in [3.05, 3.63) is 35.9 Å². The number of carboxylic acid groups (broad SMARTS) is 1. The molecular formula is C23H32O6. The highest BCUT2D eigenvalue weighted by molar-refractivity contribution is 5.82. The lowest BCUT2D eigenvalue weighted by molar-refractivity contribution is -0.176. The monoisotopic (exact) mass is 404 g/mol. The van der Waals surface area contributed by atoms with E-state index in [0.29, 0.717) is 19.3 Å². The molecule has 1 aromatic rings. The third-order valence-corrected chi connectivity index (χ3v) is 5.53. The maximum atomic E-state index is 12.9. The highest BCUT2D eigenvalue weighted by Crippen LogP contribution is 2.34. The lowest BCUT2D eigenvalue weighted by Crippen LogP contribution is -2.41. The van der Waals surface area contributed by atoms with Gasteiger partial charge >= 0.3 is 17.9 Å². The van der Waals surface area contributed by atoms with E-state index >= 15 is 0 Å². The van der Waals surface area contributed by atoms with Crippen LogP contribution in [0.5, 0.6) is 0 Å². The summed E-state index contributed by atoms with van der Waals surface area (Å²) in [5.41, 5.74) is -0.168. The molecular weight excluding hydrogens is 372 g/mol. The van der Waals surface area contributed by atoms with Crippen LogP contribution in [0.25, 0.3) is 0 Å². The van der Waals surface area contributed by atoms with Crippen LogP contribution in [0, 0.1) is 11.8 Å². The van der Waals surface area contributed by atoms with Crippen molar-refractivity contribution < 1.29 is 29.0 Å². The zero-order chi connectivity index (χ0) is 21.3. The molecule has 1 aromatic carbocycles. The molecule has 29 heavy (non-hydrogen) atoms. The van der Waals surface area contributed by atoms with Crippen molar-refractivity contribution in [2.75, 3.05) is 0 Å². The van der Waals surface area contributed by atoms with Crippen molar-refractivity contribution in [2.45, 2.75) is 77.4 Å². The van der Waals surface area contributed by atoms with Gasteiger partial charge in [0, 0.05) is 0 Å². The van der Waals surface area contributed by atoms with Gasteiger partial charge in [0.15, 0.2) is 0 Å². The number of aliphatic carboxylic acids is 1. The molecule has 1 aliphatic rings. The van der Waals surface area contributed by atoms with Gasteiger partial charge < -0.3 is 14.6 Å². The molecule has 0 amide bonds. The van der Waals surface area contributed by atoms with E-state index in [0.717, 1.165) is 31.2 Å². The molecule has 0 aliphatic heterocycles. The molecule has 0 radical (unpaired) electrons. The molecule has 1 fully saturated rings. The fourth-order valence-electron chi connectivity index (χ4n) is 3.90. The molecule has 0 heterocycles. The number of carbonyl (C=O) groups excluding carboxylic acids is 2. The van der Waals surface area contributed by atoms with E-state index in [1.54, 1.807) is 6.92 Å². The normalized spacial score (nSPS) is 21.0. The van der Waals surface area contributed by atoms with Crippen molar-refractivity contribution in [2.24, 2.45) is 11.8 Å². The van der Waals surface area contributed by atoms with Crippen molar-refractivity contribution in [1.29, 1.82) is 0 Å². The van der Waals surface area contributed by atoms with Crippen LogP contribution < -0.4 is 0 Å². The number of carboxylic acids is 1. The van der Waals surface area contributed by atoms with Gasteiger partial charge in [-0.05, 0) is 38.2 Å². The van der Waals surface area contributed by atoms with E-state index in [4.69, 9.17) is 9.47 Å². The Hall–Kier alpha value is -2.37. The van der Waals surface area contributed by atoms with Crippen molar-refractivity contribution in [1.82, 2.24) is 0 Å². The molecule has 0 bridgehead atoms. The molecule has 2 rings (SSSR count).